The van der Waals surface area contributed by atoms with E-state index in [4.69, 9.17) is 5.73 Å². The van der Waals surface area contributed by atoms with Gasteiger partial charge in [-0.3, -0.25) is 9.59 Å². The molecule has 0 unspecified atom stereocenters. The Hall–Kier alpha value is -2.04. The first kappa shape index (κ1) is 18.7. The van der Waals surface area contributed by atoms with E-state index < -0.39 is 5.54 Å². The van der Waals surface area contributed by atoms with Crippen LogP contribution in [0.2, 0.25) is 0 Å². The Balaban J connectivity index is 1.76. The zero-order chi connectivity index (χ0) is 18.7. The Bertz CT molecular complexity index is 819. The molecule has 10 heteroatoms. The van der Waals surface area contributed by atoms with Gasteiger partial charge < -0.3 is 21.3 Å². The van der Waals surface area contributed by atoms with Crippen molar-refractivity contribution in [1.29, 1.82) is 0 Å². The van der Waals surface area contributed by atoms with Crippen molar-refractivity contribution >= 4 is 50.6 Å². The van der Waals surface area contributed by atoms with Gasteiger partial charge in [-0.25, -0.2) is 9.97 Å². The number of primary amides is 1. The van der Waals surface area contributed by atoms with Crippen molar-refractivity contribution in [3.63, 3.8) is 0 Å². The van der Waals surface area contributed by atoms with Gasteiger partial charge in [0.15, 0.2) is 9.73 Å². The summed E-state index contributed by atoms with van der Waals surface area (Å²) >= 11 is 4.60. The molecule has 2 aromatic heterocycles. The summed E-state index contributed by atoms with van der Waals surface area (Å²) in [6, 6.07) is 3.57. The summed E-state index contributed by atoms with van der Waals surface area (Å²) in [5.41, 5.74) is 5.82. The molecule has 1 aliphatic rings. The van der Waals surface area contributed by atoms with Crippen LogP contribution in [-0.4, -0.2) is 47.5 Å². The molecule has 2 aromatic rings. The zero-order valence-corrected chi connectivity index (χ0v) is 16.6. The van der Waals surface area contributed by atoms with Gasteiger partial charge in [0.05, 0.1) is 5.69 Å². The molecular weight excluding hydrogens is 420 g/mol. The quantitative estimate of drug-likeness (QED) is 0.652. The maximum atomic E-state index is 12.4. The largest absolute Gasteiger partial charge is 0.368 e. The van der Waals surface area contributed by atoms with Gasteiger partial charge in [-0.2, -0.15) is 0 Å². The molecule has 0 saturated carbocycles. The van der Waals surface area contributed by atoms with Crippen molar-refractivity contribution in [3.05, 3.63) is 33.3 Å². The summed E-state index contributed by atoms with van der Waals surface area (Å²) < 4.78 is 0.653. The molecule has 0 aromatic carbocycles. The lowest BCUT2D eigenvalue weighted by molar-refractivity contribution is -0.125. The number of anilines is 2. The number of hydrogen-bond acceptors (Lipinski definition) is 7. The number of amides is 2. The van der Waals surface area contributed by atoms with Crippen LogP contribution in [-0.2, 0) is 4.79 Å². The Labute approximate surface area is 163 Å². The van der Waals surface area contributed by atoms with E-state index in [9.17, 15) is 9.59 Å². The number of nitrogens with one attached hydrogen (secondary N) is 2. The smallest absolute Gasteiger partial charge is 0.275 e. The molecule has 8 nitrogen and oxygen atoms in total. The lowest BCUT2D eigenvalue weighted by atomic mass is 9.87. The first-order chi connectivity index (χ1) is 12.4. The molecule has 1 saturated heterocycles. The standard InChI is InChI=1S/C16H19BrN6O2S/c1-19-16(14(18)25)4-7-23(8-5-16)12-10(3-2-6-20-12)21-13(24)11-9-26-15(17)22-11/h2-3,6,9,19H,4-5,7-8H2,1H3,(H2,18,25)(H,21,24). The molecule has 3 heterocycles. The number of piperidine rings is 1. The Kier molecular flexibility index (Phi) is 5.54. The van der Waals surface area contributed by atoms with Crippen molar-refractivity contribution < 1.29 is 9.59 Å². The maximum Gasteiger partial charge on any atom is 0.275 e. The predicted molar refractivity (Wildman–Crippen MR) is 104 cm³/mol. The fraction of sp³-hybridized carbons (Fsp3) is 0.375. The molecule has 4 N–H and O–H groups in total. The van der Waals surface area contributed by atoms with Crippen molar-refractivity contribution in [3.8, 4) is 0 Å². The molecule has 3 rings (SSSR count). The van der Waals surface area contributed by atoms with Gasteiger partial charge in [0.25, 0.3) is 5.91 Å². The monoisotopic (exact) mass is 438 g/mol. The Morgan fingerprint density at radius 3 is 2.69 bits per heavy atom. The summed E-state index contributed by atoms with van der Waals surface area (Å²) in [5, 5.41) is 7.61. The molecule has 0 bridgehead atoms. The third-order valence-corrected chi connectivity index (χ3v) is 5.98. The van der Waals surface area contributed by atoms with Crippen molar-refractivity contribution in [2.45, 2.75) is 18.4 Å². The topological polar surface area (TPSA) is 113 Å². The lowest BCUT2D eigenvalue weighted by Crippen LogP contribution is -2.59. The third-order valence-electron chi connectivity index (χ3n) is 4.61. The highest BCUT2D eigenvalue weighted by atomic mass is 79.9. The first-order valence-electron chi connectivity index (χ1n) is 8.06. The number of nitrogens with two attached hydrogens (primary N) is 1. The van der Waals surface area contributed by atoms with Crippen LogP contribution >= 0.6 is 27.3 Å². The van der Waals surface area contributed by atoms with E-state index in [1.807, 2.05) is 4.90 Å². The predicted octanol–water partition coefficient (Wildman–Crippen LogP) is 1.60. The second kappa shape index (κ2) is 7.68. The molecular formula is C16H19BrN6O2S. The number of thiazole rings is 1. The van der Waals surface area contributed by atoms with Gasteiger partial charge in [-0.05, 0) is 48.0 Å². The number of likely N-dealkylation sites (N-methyl/N-ethyl adjacent to an activating group) is 1. The molecule has 0 radical (unpaired) electrons. The molecule has 0 atom stereocenters. The highest BCUT2D eigenvalue weighted by molar-refractivity contribution is 9.11. The van der Waals surface area contributed by atoms with Gasteiger partial charge in [0, 0.05) is 24.7 Å². The minimum absolute atomic E-state index is 0.292. The minimum atomic E-state index is -0.693. The molecule has 26 heavy (non-hydrogen) atoms. The molecule has 0 aliphatic carbocycles. The molecule has 2 amide bonds. The van der Waals surface area contributed by atoms with E-state index in [0.29, 0.717) is 47.0 Å². The van der Waals surface area contributed by atoms with Crippen LogP contribution in [0.25, 0.3) is 0 Å². The summed E-state index contributed by atoms with van der Waals surface area (Å²) in [4.78, 5) is 34.8. The summed E-state index contributed by atoms with van der Waals surface area (Å²) in [6.45, 7) is 1.21. The highest BCUT2D eigenvalue weighted by Gasteiger charge is 2.39. The van der Waals surface area contributed by atoms with Gasteiger partial charge >= 0.3 is 0 Å². The molecule has 138 valence electrons. The fourth-order valence-electron chi connectivity index (χ4n) is 3.01. The fourth-order valence-corrected chi connectivity index (χ4v) is 4.00. The summed E-state index contributed by atoms with van der Waals surface area (Å²) in [6.07, 6.45) is 2.82. The van der Waals surface area contributed by atoms with Gasteiger partial charge in [0.2, 0.25) is 5.91 Å². The lowest BCUT2D eigenvalue weighted by Gasteiger charge is -2.40. The third kappa shape index (κ3) is 3.71. The molecule has 1 aliphatic heterocycles. The molecule has 1 fully saturated rings. The molecule has 0 spiro atoms. The second-order valence-electron chi connectivity index (χ2n) is 6.00. The van der Waals surface area contributed by atoms with E-state index in [-0.39, 0.29) is 11.8 Å². The van der Waals surface area contributed by atoms with E-state index in [1.54, 1.807) is 30.8 Å². The van der Waals surface area contributed by atoms with Gasteiger partial charge in [-0.1, -0.05) is 0 Å². The van der Waals surface area contributed by atoms with Crippen LogP contribution in [0.15, 0.2) is 27.6 Å². The summed E-state index contributed by atoms with van der Waals surface area (Å²) in [7, 11) is 1.75. The number of pyridine rings is 1. The number of rotatable bonds is 5. The Morgan fingerprint density at radius 1 is 1.38 bits per heavy atom. The van der Waals surface area contributed by atoms with Crippen molar-refractivity contribution in [2.24, 2.45) is 5.73 Å². The minimum Gasteiger partial charge on any atom is -0.368 e. The first-order valence-corrected chi connectivity index (χ1v) is 9.73. The average molecular weight is 439 g/mol. The van der Waals surface area contributed by atoms with Crippen LogP contribution < -0.4 is 21.3 Å². The normalized spacial score (nSPS) is 16.3. The van der Waals surface area contributed by atoms with Crippen LogP contribution in [0.5, 0.6) is 0 Å². The zero-order valence-electron chi connectivity index (χ0n) is 14.2. The second-order valence-corrected chi connectivity index (χ2v) is 8.13. The number of hydrogen-bond donors (Lipinski definition) is 3. The number of nitrogens with zero attached hydrogens (tertiary/aromatic N) is 3. The van der Waals surface area contributed by atoms with E-state index >= 15 is 0 Å². The van der Waals surface area contributed by atoms with E-state index in [0.717, 1.165) is 0 Å². The number of aromatic nitrogens is 2. The van der Waals surface area contributed by atoms with Crippen LogP contribution in [0.3, 0.4) is 0 Å². The SMILES string of the molecule is CNC1(C(N)=O)CCN(c2ncccc2NC(=O)c2csc(Br)n2)CC1. The van der Waals surface area contributed by atoms with Crippen molar-refractivity contribution in [1.82, 2.24) is 15.3 Å². The van der Waals surface area contributed by atoms with Crippen LogP contribution in [0.4, 0.5) is 11.5 Å². The van der Waals surface area contributed by atoms with Crippen LogP contribution in [0.1, 0.15) is 23.3 Å². The van der Waals surface area contributed by atoms with Gasteiger partial charge in [-0.15, -0.1) is 11.3 Å². The van der Waals surface area contributed by atoms with Gasteiger partial charge in [0.1, 0.15) is 11.2 Å². The number of carbonyl (C=O) groups excluding carboxylic acids is 2. The van der Waals surface area contributed by atoms with E-state index in [2.05, 4.69) is 36.5 Å². The number of halogens is 1. The highest BCUT2D eigenvalue weighted by Crippen LogP contribution is 2.30. The van der Waals surface area contributed by atoms with E-state index in [1.165, 1.54) is 11.3 Å². The number of carbonyl (C=O) groups is 2. The average Bonchev–Trinajstić information content (AvgIpc) is 3.09. The maximum absolute atomic E-state index is 12.4. The summed E-state index contributed by atoms with van der Waals surface area (Å²) in [5.74, 6) is 0.0348. The van der Waals surface area contributed by atoms with Crippen LogP contribution in [0, 0.1) is 0 Å². The van der Waals surface area contributed by atoms with Crippen molar-refractivity contribution in [2.75, 3.05) is 30.4 Å². The Morgan fingerprint density at radius 2 is 2.12 bits per heavy atom.